The molecule has 1 aromatic rings. The summed E-state index contributed by atoms with van der Waals surface area (Å²) in [6.45, 7) is 6.09. The maximum absolute atomic E-state index is 12.0. The van der Waals surface area contributed by atoms with E-state index in [0.29, 0.717) is 5.88 Å². The van der Waals surface area contributed by atoms with Crippen LogP contribution >= 0.6 is 11.6 Å². The predicted molar refractivity (Wildman–Crippen MR) is 71.7 cm³/mol. The first-order valence-corrected chi connectivity index (χ1v) is 6.50. The van der Waals surface area contributed by atoms with Gasteiger partial charge in [-0.1, -0.05) is 32.9 Å². The lowest BCUT2D eigenvalue weighted by atomic mass is 9.72. The highest BCUT2D eigenvalue weighted by atomic mass is 35.5. The van der Waals surface area contributed by atoms with Crippen molar-refractivity contribution >= 4 is 23.2 Å². The van der Waals surface area contributed by atoms with Gasteiger partial charge in [0.15, 0.2) is 0 Å². The van der Waals surface area contributed by atoms with Crippen LogP contribution < -0.4 is 5.32 Å². The van der Waals surface area contributed by atoms with E-state index in [1.54, 1.807) is 0 Å². The van der Waals surface area contributed by atoms with Crippen LogP contribution in [-0.2, 0) is 11.2 Å². The molecule has 1 heterocycles. The molecule has 92 valence electrons. The van der Waals surface area contributed by atoms with Crippen LogP contribution in [-0.4, -0.2) is 11.8 Å². The summed E-state index contributed by atoms with van der Waals surface area (Å²) in [7, 11) is 0. The standard InChI is InChI=1S/C14H18ClNO/c1-9-11-8-10(6-7-15)4-5-12(11)16-13(17)14(9,2)3/h4-5,8-9H,6-7H2,1-3H3,(H,16,17). The van der Waals surface area contributed by atoms with E-state index in [2.05, 4.69) is 18.3 Å². The summed E-state index contributed by atoms with van der Waals surface area (Å²) in [5.41, 5.74) is 3.04. The number of carbonyl (C=O) groups is 1. The molecule has 1 aliphatic rings. The normalized spacial score (nSPS) is 21.9. The fourth-order valence-corrected chi connectivity index (χ4v) is 2.44. The van der Waals surface area contributed by atoms with Gasteiger partial charge in [-0.3, -0.25) is 4.79 Å². The second-order valence-electron chi connectivity index (χ2n) is 5.26. The third-order valence-corrected chi connectivity index (χ3v) is 4.07. The van der Waals surface area contributed by atoms with Gasteiger partial charge < -0.3 is 5.32 Å². The maximum Gasteiger partial charge on any atom is 0.230 e. The molecule has 1 atom stereocenters. The van der Waals surface area contributed by atoms with Gasteiger partial charge >= 0.3 is 0 Å². The van der Waals surface area contributed by atoms with Crippen molar-refractivity contribution in [3.05, 3.63) is 29.3 Å². The minimum Gasteiger partial charge on any atom is -0.325 e. The Bertz CT molecular complexity index is 454. The van der Waals surface area contributed by atoms with Crippen molar-refractivity contribution in [2.24, 2.45) is 5.41 Å². The van der Waals surface area contributed by atoms with Crippen molar-refractivity contribution in [2.75, 3.05) is 11.2 Å². The van der Waals surface area contributed by atoms with Crippen LogP contribution in [0.4, 0.5) is 5.69 Å². The molecule has 1 amide bonds. The van der Waals surface area contributed by atoms with Crippen molar-refractivity contribution in [2.45, 2.75) is 33.1 Å². The Kier molecular flexibility index (Phi) is 3.17. The number of aryl methyl sites for hydroxylation is 1. The first-order chi connectivity index (χ1) is 7.96. The summed E-state index contributed by atoms with van der Waals surface area (Å²) in [5.74, 6) is 0.951. The molecule has 1 aromatic carbocycles. The Balaban J connectivity index is 2.44. The fourth-order valence-electron chi connectivity index (χ4n) is 2.22. The zero-order valence-electron chi connectivity index (χ0n) is 10.5. The van der Waals surface area contributed by atoms with E-state index in [1.807, 2.05) is 26.0 Å². The molecule has 0 aromatic heterocycles. The molecule has 0 aliphatic carbocycles. The van der Waals surface area contributed by atoms with Crippen LogP contribution in [0, 0.1) is 5.41 Å². The number of rotatable bonds is 2. The smallest absolute Gasteiger partial charge is 0.230 e. The molecule has 0 bridgehead atoms. The Morgan fingerprint density at radius 3 is 2.76 bits per heavy atom. The summed E-state index contributed by atoms with van der Waals surface area (Å²) in [5, 5.41) is 2.98. The van der Waals surface area contributed by atoms with Gasteiger partial charge in [0.05, 0.1) is 5.41 Å². The second kappa shape index (κ2) is 4.34. The first kappa shape index (κ1) is 12.4. The summed E-state index contributed by atoms with van der Waals surface area (Å²) < 4.78 is 0. The lowest BCUT2D eigenvalue weighted by Crippen LogP contribution is -2.39. The highest BCUT2D eigenvalue weighted by Crippen LogP contribution is 2.43. The largest absolute Gasteiger partial charge is 0.325 e. The van der Waals surface area contributed by atoms with Crippen LogP contribution in [0.15, 0.2) is 18.2 Å². The van der Waals surface area contributed by atoms with Gasteiger partial charge in [0.2, 0.25) is 5.91 Å². The number of fused-ring (bicyclic) bond motifs is 1. The Labute approximate surface area is 107 Å². The highest BCUT2D eigenvalue weighted by Gasteiger charge is 2.39. The number of nitrogens with one attached hydrogen (secondary N) is 1. The number of carbonyl (C=O) groups excluding carboxylic acids is 1. The van der Waals surface area contributed by atoms with Crippen LogP contribution in [0.25, 0.3) is 0 Å². The molecule has 1 aliphatic heterocycles. The molecule has 1 unspecified atom stereocenters. The van der Waals surface area contributed by atoms with Crippen molar-refractivity contribution < 1.29 is 4.79 Å². The van der Waals surface area contributed by atoms with E-state index in [9.17, 15) is 4.79 Å². The van der Waals surface area contributed by atoms with E-state index >= 15 is 0 Å². The minimum atomic E-state index is -0.355. The number of amides is 1. The number of anilines is 1. The van der Waals surface area contributed by atoms with Gasteiger partial charge in [-0.15, -0.1) is 11.6 Å². The number of halogens is 1. The van der Waals surface area contributed by atoms with Gasteiger partial charge in [0.1, 0.15) is 0 Å². The van der Waals surface area contributed by atoms with Gasteiger partial charge in [-0.05, 0) is 29.5 Å². The highest BCUT2D eigenvalue weighted by molar-refractivity contribution is 6.18. The summed E-state index contributed by atoms with van der Waals surface area (Å²) in [6, 6.07) is 6.19. The third-order valence-electron chi connectivity index (χ3n) is 3.88. The van der Waals surface area contributed by atoms with E-state index in [-0.39, 0.29) is 17.2 Å². The quantitative estimate of drug-likeness (QED) is 0.801. The SMILES string of the molecule is CC1c2cc(CCCl)ccc2NC(=O)C1(C)C. The number of hydrogen-bond acceptors (Lipinski definition) is 1. The third kappa shape index (κ3) is 2.06. The molecule has 2 rings (SSSR count). The van der Waals surface area contributed by atoms with E-state index in [1.165, 1.54) is 11.1 Å². The van der Waals surface area contributed by atoms with Gasteiger partial charge in [-0.25, -0.2) is 0 Å². The zero-order chi connectivity index (χ0) is 12.6. The molecule has 17 heavy (non-hydrogen) atoms. The molecule has 0 saturated heterocycles. The number of hydrogen-bond donors (Lipinski definition) is 1. The van der Waals surface area contributed by atoms with Crippen molar-refractivity contribution in [1.29, 1.82) is 0 Å². The predicted octanol–water partition coefficient (Wildman–Crippen LogP) is 3.55. The molecule has 0 spiro atoms. The lowest BCUT2D eigenvalue weighted by Gasteiger charge is -2.37. The average Bonchev–Trinajstić information content (AvgIpc) is 2.28. The van der Waals surface area contributed by atoms with Gasteiger partial charge in [0.25, 0.3) is 0 Å². The Morgan fingerprint density at radius 2 is 2.12 bits per heavy atom. The van der Waals surface area contributed by atoms with Gasteiger partial charge in [-0.2, -0.15) is 0 Å². The van der Waals surface area contributed by atoms with Crippen molar-refractivity contribution in [3.63, 3.8) is 0 Å². The summed E-state index contributed by atoms with van der Waals surface area (Å²) in [4.78, 5) is 12.0. The topological polar surface area (TPSA) is 29.1 Å². The van der Waals surface area contributed by atoms with E-state index < -0.39 is 0 Å². The van der Waals surface area contributed by atoms with Crippen LogP contribution in [0.1, 0.15) is 37.8 Å². The van der Waals surface area contributed by atoms with Crippen LogP contribution in [0.5, 0.6) is 0 Å². The number of benzene rings is 1. The van der Waals surface area contributed by atoms with E-state index in [0.717, 1.165) is 12.1 Å². The lowest BCUT2D eigenvalue weighted by molar-refractivity contribution is -0.125. The molecule has 3 heteroatoms. The molecular weight excluding hydrogens is 234 g/mol. The zero-order valence-corrected chi connectivity index (χ0v) is 11.3. The summed E-state index contributed by atoms with van der Waals surface area (Å²) >= 11 is 5.77. The molecule has 1 N–H and O–H groups in total. The molecule has 0 radical (unpaired) electrons. The minimum absolute atomic E-state index is 0.0996. The first-order valence-electron chi connectivity index (χ1n) is 5.97. The molecular formula is C14H18ClNO. The Hall–Kier alpha value is -1.02. The fraction of sp³-hybridized carbons (Fsp3) is 0.500. The molecule has 0 saturated carbocycles. The average molecular weight is 252 g/mol. The van der Waals surface area contributed by atoms with E-state index in [4.69, 9.17) is 11.6 Å². The maximum atomic E-state index is 12.0. The van der Waals surface area contributed by atoms with Gasteiger partial charge in [0, 0.05) is 11.6 Å². The monoisotopic (exact) mass is 251 g/mol. The van der Waals surface area contributed by atoms with Crippen molar-refractivity contribution in [3.8, 4) is 0 Å². The van der Waals surface area contributed by atoms with Crippen LogP contribution in [0.2, 0.25) is 0 Å². The summed E-state index contributed by atoms with van der Waals surface area (Å²) in [6.07, 6.45) is 0.871. The Morgan fingerprint density at radius 1 is 1.41 bits per heavy atom. The molecule has 2 nitrogen and oxygen atoms in total. The number of alkyl halides is 1. The van der Waals surface area contributed by atoms with Crippen LogP contribution in [0.3, 0.4) is 0 Å². The molecule has 0 fully saturated rings. The second-order valence-corrected chi connectivity index (χ2v) is 5.64. The van der Waals surface area contributed by atoms with Crippen molar-refractivity contribution in [1.82, 2.24) is 0 Å².